The van der Waals surface area contributed by atoms with E-state index in [2.05, 4.69) is 105 Å². The summed E-state index contributed by atoms with van der Waals surface area (Å²) in [5.74, 6) is 0. The normalized spacial score (nSPS) is 11.1. The number of benzene rings is 7. The number of nitriles is 2. The van der Waals surface area contributed by atoms with Gasteiger partial charge in [0.15, 0.2) is 0 Å². The van der Waals surface area contributed by atoms with Gasteiger partial charge in [-0.2, -0.15) is 10.5 Å². The molecule has 0 fully saturated rings. The van der Waals surface area contributed by atoms with E-state index in [1.807, 2.05) is 72.8 Å². The highest BCUT2D eigenvalue weighted by molar-refractivity contribution is 6.11. The fourth-order valence-electron chi connectivity index (χ4n) is 7.41. The Labute approximate surface area is 288 Å². The summed E-state index contributed by atoms with van der Waals surface area (Å²) in [5.41, 5.74) is 11.0. The lowest BCUT2D eigenvalue weighted by Gasteiger charge is -2.17. The van der Waals surface area contributed by atoms with Gasteiger partial charge in [0.05, 0.1) is 57.2 Å². The highest BCUT2D eigenvalue weighted by Gasteiger charge is 2.20. The van der Waals surface area contributed by atoms with Crippen LogP contribution in [0.25, 0.3) is 82.1 Å². The third-order valence-corrected chi connectivity index (χ3v) is 9.61. The van der Waals surface area contributed by atoms with Gasteiger partial charge in [-0.15, -0.1) is 0 Å². The summed E-state index contributed by atoms with van der Waals surface area (Å²) in [6, 6.07) is 55.4. The minimum Gasteiger partial charge on any atom is -0.318 e. The summed E-state index contributed by atoms with van der Waals surface area (Å²) >= 11 is 0. The van der Waals surface area contributed by atoms with Gasteiger partial charge in [-0.3, -0.25) is 0 Å². The Morgan fingerprint density at radius 2 is 1.08 bits per heavy atom. The Balaban J connectivity index is 1.26. The molecule has 2 heterocycles. The SMILES string of the molecule is [C-]#[N+]c1cccc(-c2cccc(-c3ccc(C#N)c(-n4c5ccccc5c5ccc(C#N)cc54)c3)c2)c1-n1c2ccccc2c2ccccc21. The molecule has 0 saturated carbocycles. The van der Waals surface area contributed by atoms with Crippen LogP contribution < -0.4 is 0 Å². The molecule has 0 atom stereocenters. The van der Waals surface area contributed by atoms with Crippen molar-refractivity contribution in [3.63, 3.8) is 0 Å². The second kappa shape index (κ2) is 11.4. The second-order valence-corrected chi connectivity index (χ2v) is 12.3. The molecule has 0 aliphatic carbocycles. The quantitative estimate of drug-likeness (QED) is 0.181. The summed E-state index contributed by atoms with van der Waals surface area (Å²) in [4.78, 5) is 4.00. The standard InChI is InChI=1S/C45H25N5/c1-48-39-16-9-15-34(45(39)50-41-18-6-3-12-35(41)36-13-4-7-19-42(36)50)32-11-8-10-30(25-32)31-21-22-33(28-47)43(26-31)49-40-17-5-2-14-37(40)38-23-20-29(27-46)24-44(38)49/h2-26H. The van der Waals surface area contributed by atoms with Gasteiger partial charge in [-0.05, 0) is 70.8 Å². The van der Waals surface area contributed by atoms with Crippen molar-refractivity contribution in [1.82, 2.24) is 9.13 Å². The lowest BCUT2D eigenvalue weighted by atomic mass is 9.96. The largest absolute Gasteiger partial charge is 0.318 e. The van der Waals surface area contributed by atoms with E-state index in [4.69, 9.17) is 6.57 Å². The summed E-state index contributed by atoms with van der Waals surface area (Å²) < 4.78 is 4.31. The lowest BCUT2D eigenvalue weighted by Crippen LogP contribution is -1.99. The molecule has 5 heteroatoms. The van der Waals surface area contributed by atoms with Crippen molar-refractivity contribution >= 4 is 49.3 Å². The molecule has 0 amide bonds. The average molecular weight is 636 g/mol. The van der Waals surface area contributed by atoms with E-state index in [0.29, 0.717) is 16.8 Å². The van der Waals surface area contributed by atoms with Crippen molar-refractivity contribution in [2.45, 2.75) is 0 Å². The van der Waals surface area contributed by atoms with Gasteiger partial charge in [-0.25, -0.2) is 4.85 Å². The van der Waals surface area contributed by atoms with Crippen LogP contribution in [0.5, 0.6) is 0 Å². The van der Waals surface area contributed by atoms with Crippen molar-refractivity contribution in [2.75, 3.05) is 0 Å². The van der Waals surface area contributed by atoms with Gasteiger partial charge in [0.1, 0.15) is 6.07 Å². The highest BCUT2D eigenvalue weighted by atomic mass is 15.0. The Hall–Kier alpha value is -7.39. The van der Waals surface area contributed by atoms with Crippen LogP contribution in [-0.4, -0.2) is 9.13 Å². The first kappa shape index (κ1) is 28.8. The van der Waals surface area contributed by atoms with E-state index in [-0.39, 0.29) is 0 Å². The van der Waals surface area contributed by atoms with Gasteiger partial charge in [0, 0.05) is 21.5 Å². The molecule has 0 aliphatic heterocycles. The van der Waals surface area contributed by atoms with Crippen molar-refractivity contribution < 1.29 is 0 Å². The molecule has 230 valence electrons. The molecule has 0 bridgehead atoms. The van der Waals surface area contributed by atoms with Gasteiger partial charge >= 0.3 is 0 Å². The van der Waals surface area contributed by atoms with Gasteiger partial charge in [0.2, 0.25) is 5.69 Å². The molecule has 0 aliphatic rings. The molecule has 0 spiro atoms. The summed E-state index contributed by atoms with van der Waals surface area (Å²) in [6.07, 6.45) is 0. The number of rotatable bonds is 4. The zero-order chi connectivity index (χ0) is 33.8. The highest BCUT2D eigenvalue weighted by Crippen LogP contribution is 2.42. The molecule has 0 radical (unpaired) electrons. The fourth-order valence-corrected chi connectivity index (χ4v) is 7.41. The first-order valence-electron chi connectivity index (χ1n) is 16.3. The molecule has 5 nitrogen and oxygen atoms in total. The van der Waals surface area contributed by atoms with Crippen LogP contribution in [0.4, 0.5) is 5.69 Å². The fraction of sp³-hybridized carbons (Fsp3) is 0. The minimum atomic E-state index is 0.535. The number of hydrogen-bond donors (Lipinski definition) is 0. The monoisotopic (exact) mass is 635 g/mol. The summed E-state index contributed by atoms with van der Waals surface area (Å²) in [7, 11) is 0. The zero-order valence-corrected chi connectivity index (χ0v) is 26.7. The molecule has 0 unspecified atom stereocenters. The van der Waals surface area contributed by atoms with Crippen molar-refractivity contribution in [3.8, 4) is 45.8 Å². The van der Waals surface area contributed by atoms with Gasteiger partial charge < -0.3 is 9.13 Å². The molecule has 0 N–H and O–H groups in total. The Bertz CT molecular complexity index is 2920. The van der Waals surface area contributed by atoms with E-state index >= 15 is 0 Å². The molecule has 2 aromatic heterocycles. The number of nitrogens with zero attached hydrogens (tertiary/aromatic N) is 5. The van der Waals surface area contributed by atoms with E-state index in [9.17, 15) is 10.5 Å². The first-order chi connectivity index (χ1) is 24.7. The Morgan fingerprint density at radius 3 is 1.74 bits per heavy atom. The number of fused-ring (bicyclic) bond motifs is 6. The number of aromatic nitrogens is 2. The predicted molar refractivity (Wildman–Crippen MR) is 202 cm³/mol. The molecular formula is C45H25N5. The summed E-state index contributed by atoms with van der Waals surface area (Å²) in [5, 5.41) is 24.4. The predicted octanol–water partition coefficient (Wildman–Crippen LogP) is 11.5. The van der Waals surface area contributed by atoms with E-state index in [1.165, 1.54) is 0 Å². The number of hydrogen-bond acceptors (Lipinski definition) is 2. The summed E-state index contributed by atoms with van der Waals surface area (Å²) in [6.45, 7) is 8.17. The third-order valence-electron chi connectivity index (χ3n) is 9.61. The third kappa shape index (κ3) is 4.31. The van der Waals surface area contributed by atoms with Gasteiger partial charge in [0.25, 0.3) is 0 Å². The van der Waals surface area contributed by atoms with E-state index in [0.717, 1.165) is 77.2 Å². The molecule has 9 rings (SSSR count). The second-order valence-electron chi connectivity index (χ2n) is 12.3. The molecule has 7 aromatic carbocycles. The van der Waals surface area contributed by atoms with Crippen molar-refractivity contribution in [2.24, 2.45) is 0 Å². The van der Waals surface area contributed by atoms with Gasteiger partial charge in [-0.1, -0.05) is 103 Å². The van der Waals surface area contributed by atoms with Crippen LogP contribution in [0.1, 0.15) is 11.1 Å². The maximum absolute atomic E-state index is 10.3. The van der Waals surface area contributed by atoms with Crippen LogP contribution >= 0.6 is 0 Å². The van der Waals surface area contributed by atoms with Crippen molar-refractivity contribution in [3.05, 3.63) is 174 Å². The van der Waals surface area contributed by atoms with Crippen LogP contribution in [0.15, 0.2) is 152 Å². The minimum absolute atomic E-state index is 0.535. The Kier molecular flexibility index (Phi) is 6.56. The van der Waals surface area contributed by atoms with Crippen LogP contribution in [0.3, 0.4) is 0 Å². The van der Waals surface area contributed by atoms with Crippen LogP contribution in [0.2, 0.25) is 0 Å². The smallest absolute Gasteiger partial charge is 0.211 e. The Morgan fingerprint density at radius 1 is 0.480 bits per heavy atom. The van der Waals surface area contributed by atoms with Crippen LogP contribution in [-0.2, 0) is 0 Å². The molecule has 50 heavy (non-hydrogen) atoms. The molecule has 9 aromatic rings. The van der Waals surface area contributed by atoms with Crippen molar-refractivity contribution in [1.29, 1.82) is 10.5 Å². The van der Waals surface area contributed by atoms with E-state index < -0.39 is 0 Å². The lowest BCUT2D eigenvalue weighted by molar-refractivity contribution is 1.17. The first-order valence-corrected chi connectivity index (χ1v) is 16.3. The topological polar surface area (TPSA) is 61.8 Å². The maximum Gasteiger partial charge on any atom is 0.211 e. The zero-order valence-electron chi connectivity index (χ0n) is 26.7. The maximum atomic E-state index is 10.3. The molecular weight excluding hydrogens is 611 g/mol. The van der Waals surface area contributed by atoms with E-state index in [1.54, 1.807) is 0 Å². The average Bonchev–Trinajstić information content (AvgIpc) is 3.69. The van der Waals surface area contributed by atoms with Crippen LogP contribution in [0, 0.1) is 29.2 Å². The number of para-hydroxylation sites is 4. The molecule has 0 saturated heterocycles.